The molecule has 0 spiro atoms. The second-order valence-corrected chi connectivity index (χ2v) is 14.1. The number of fused-ring (bicyclic) bond motifs is 2. The molecule has 0 radical (unpaired) electrons. The van der Waals surface area contributed by atoms with Crippen molar-refractivity contribution in [2.24, 2.45) is 0 Å². The zero-order valence-corrected chi connectivity index (χ0v) is 30.5. The van der Waals surface area contributed by atoms with Gasteiger partial charge in [0.1, 0.15) is 0 Å². The van der Waals surface area contributed by atoms with Crippen LogP contribution in [0.5, 0.6) is 0 Å². The summed E-state index contributed by atoms with van der Waals surface area (Å²) in [4.78, 5) is 15.2. The van der Waals surface area contributed by atoms with E-state index in [1.807, 2.05) is 60.7 Å². The monoisotopic (exact) mass is 713 g/mol. The van der Waals surface area contributed by atoms with Crippen molar-refractivity contribution in [3.05, 3.63) is 212 Å². The van der Waals surface area contributed by atoms with Crippen molar-refractivity contribution >= 4 is 21.5 Å². The second-order valence-electron chi connectivity index (χ2n) is 14.1. The molecule has 0 saturated carbocycles. The summed E-state index contributed by atoms with van der Waals surface area (Å²) in [6.07, 6.45) is 0. The van der Waals surface area contributed by atoms with Crippen molar-refractivity contribution in [2.75, 3.05) is 0 Å². The van der Waals surface area contributed by atoms with Crippen LogP contribution in [0, 0.1) is 0 Å². The molecule has 262 valence electrons. The molecule has 0 aliphatic rings. The minimum atomic E-state index is 0.626. The van der Waals surface area contributed by atoms with Crippen LogP contribution in [0.2, 0.25) is 0 Å². The highest BCUT2D eigenvalue weighted by molar-refractivity contribution is 5.89. The predicted molar refractivity (Wildman–Crippen MR) is 233 cm³/mol. The standard InChI is InChI=1S/C53H35N3/c1-3-13-42(14-4-1)51-54-52(43-15-5-2-6-16-43)56-53(55-51)50-34-48(40-23-19-38(20-24-40)46-29-27-36-11-7-9-17-44(36)31-46)33-49(35-50)41-25-21-39(22-26-41)47-30-28-37-12-8-10-18-45(37)32-47/h1-35H. The predicted octanol–water partition coefficient (Wildman–Crippen LogP) is 13.8. The molecule has 10 aromatic rings. The molecule has 10 rings (SSSR count). The van der Waals surface area contributed by atoms with Gasteiger partial charge in [-0.15, -0.1) is 0 Å². The van der Waals surface area contributed by atoms with Crippen LogP contribution in [0.25, 0.3) is 100 Å². The summed E-state index contributed by atoms with van der Waals surface area (Å²) in [6, 6.07) is 75.0. The summed E-state index contributed by atoms with van der Waals surface area (Å²) in [7, 11) is 0. The summed E-state index contributed by atoms with van der Waals surface area (Å²) in [6.45, 7) is 0. The summed E-state index contributed by atoms with van der Waals surface area (Å²) in [5, 5.41) is 4.96. The number of rotatable bonds is 7. The fraction of sp³-hybridized carbons (Fsp3) is 0. The normalized spacial score (nSPS) is 11.2. The molecule has 56 heavy (non-hydrogen) atoms. The number of benzene rings is 9. The Kier molecular flexibility index (Phi) is 8.51. The molecule has 1 heterocycles. The zero-order valence-electron chi connectivity index (χ0n) is 30.5. The first-order chi connectivity index (χ1) is 27.7. The molecular formula is C53H35N3. The van der Waals surface area contributed by atoms with E-state index >= 15 is 0 Å². The Morgan fingerprint density at radius 2 is 0.482 bits per heavy atom. The molecule has 0 fully saturated rings. The highest BCUT2D eigenvalue weighted by Crippen LogP contribution is 2.36. The molecule has 9 aromatic carbocycles. The average molecular weight is 714 g/mol. The Morgan fingerprint density at radius 1 is 0.179 bits per heavy atom. The van der Waals surface area contributed by atoms with E-state index in [2.05, 4.69) is 152 Å². The minimum absolute atomic E-state index is 0.626. The van der Waals surface area contributed by atoms with Crippen LogP contribution in [-0.2, 0) is 0 Å². The lowest BCUT2D eigenvalue weighted by Crippen LogP contribution is -2.00. The van der Waals surface area contributed by atoms with Crippen LogP contribution >= 0.6 is 0 Å². The van der Waals surface area contributed by atoms with Crippen LogP contribution in [0.3, 0.4) is 0 Å². The third kappa shape index (κ3) is 6.63. The lowest BCUT2D eigenvalue weighted by atomic mass is 9.93. The van der Waals surface area contributed by atoms with Gasteiger partial charge in [-0.05, 0) is 96.4 Å². The minimum Gasteiger partial charge on any atom is -0.208 e. The quantitative estimate of drug-likeness (QED) is 0.165. The molecule has 0 N–H and O–H groups in total. The van der Waals surface area contributed by atoms with E-state index in [0.717, 1.165) is 38.9 Å². The maximum absolute atomic E-state index is 5.10. The molecule has 0 unspecified atom stereocenters. The molecule has 0 saturated heterocycles. The van der Waals surface area contributed by atoms with Crippen LogP contribution in [-0.4, -0.2) is 15.0 Å². The van der Waals surface area contributed by atoms with E-state index in [1.165, 1.54) is 43.8 Å². The van der Waals surface area contributed by atoms with Crippen LogP contribution in [0.15, 0.2) is 212 Å². The van der Waals surface area contributed by atoms with Crippen LogP contribution in [0.1, 0.15) is 0 Å². The van der Waals surface area contributed by atoms with Crippen molar-refractivity contribution in [1.82, 2.24) is 15.0 Å². The van der Waals surface area contributed by atoms with E-state index in [4.69, 9.17) is 15.0 Å². The van der Waals surface area contributed by atoms with Gasteiger partial charge in [0.2, 0.25) is 0 Å². The number of aromatic nitrogens is 3. The van der Waals surface area contributed by atoms with E-state index in [1.54, 1.807) is 0 Å². The smallest absolute Gasteiger partial charge is 0.164 e. The number of nitrogens with zero attached hydrogens (tertiary/aromatic N) is 3. The summed E-state index contributed by atoms with van der Waals surface area (Å²) in [5.74, 6) is 1.91. The van der Waals surface area contributed by atoms with Gasteiger partial charge < -0.3 is 0 Å². The first-order valence-electron chi connectivity index (χ1n) is 18.9. The molecule has 3 nitrogen and oxygen atoms in total. The van der Waals surface area contributed by atoms with Crippen molar-refractivity contribution in [2.45, 2.75) is 0 Å². The average Bonchev–Trinajstić information content (AvgIpc) is 3.29. The molecule has 0 amide bonds. The number of hydrogen-bond donors (Lipinski definition) is 0. The Balaban J connectivity index is 1.09. The van der Waals surface area contributed by atoms with Crippen molar-refractivity contribution in [1.29, 1.82) is 0 Å². The Bertz CT molecular complexity index is 2790. The first kappa shape index (κ1) is 33.1. The second kappa shape index (κ2) is 14.4. The lowest BCUT2D eigenvalue weighted by Gasteiger charge is -2.13. The molecule has 0 aliphatic carbocycles. The van der Waals surface area contributed by atoms with Gasteiger partial charge in [0.25, 0.3) is 0 Å². The lowest BCUT2D eigenvalue weighted by molar-refractivity contribution is 1.07. The molecule has 3 heteroatoms. The molecular weight excluding hydrogens is 679 g/mol. The maximum atomic E-state index is 5.10. The van der Waals surface area contributed by atoms with Crippen molar-refractivity contribution in [3.8, 4) is 78.7 Å². The van der Waals surface area contributed by atoms with Crippen molar-refractivity contribution < 1.29 is 0 Å². The van der Waals surface area contributed by atoms with Gasteiger partial charge in [-0.1, -0.05) is 182 Å². The Morgan fingerprint density at radius 3 is 0.893 bits per heavy atom. The summed E-state index contributed by atoms with van der Waals surface area (Å²) in [5.41, 5.74) is 12.0. The Hall–Kier alpha value is -7.49. The first-order valence-corrected chi connectivity index (χ1v) is 18.9. The summed E-state index contributed by atoms with van der Waals surface area (Å²) >= 11 is 0. The fourth-order valence-electron chi connectivity index (χ4n) is 7.48. The van der Waals surface area contributed by atoms with E-state index in [0.29, 0.717) is 17.5 Å². The highest BCUT2D eigenvalue weighted by atomic mass is 15.0. The van der Waals surface area contributed by atoms with Gasteiger partial charge in [0.05, 0.1) is 0 Å². The molecule has 0 aliphatic heterocycles. The highest BCUT2D eigenvalue weighted by Gasteiger charge is 2.15. The van der Waals surface area contributed by atoms with Crippen LogP contribution < -0.4 is 0 Å². The molecule has 0 bridgehead atoms. The van der Waals surface area contributed by atoms with E-state index in [-0.39, 0.29) is 0 Å². The molecule has 0 atom stereocenters. The zero-order chi connectivity index (χ0) is 37.3. The Labute approximate surface area is 326 Å². The third-order valence-corrected chi connectivity index (χ3v) is 10.5. The van der Waals surface area contributed by atoms with E-state index in [9.17, 15) is 0 Å². The van der Waals surface area contributed by atoms with Gasteiger partial charge in [0.15, 0.2) is 17.5 Å². The third-order valence-electron chi connectivity index (χ3n) is 10.5. The van der Waals surface area contributed by atoms with Gasteiger partial charge in [-0.3, -0.25) is 0 Å². The fourth-order valence-corrected chi connectivity index (χ4v) is 7.48. The van der Waals surface area contributed by atoms with E-state index < -0.39 is 0 Å². The topological polar surface area (TPSA) is 38.7 Å². The van der Waals surface area contributed by atoms with Crippen LogP contribution in [0.4, 0.5) is 0 Å². The van der Waals surface area contributed by atoms with Crippen molar-refractivity contribution in [3.63, 3.8) is 0 Å². The largest absolute Gasteiger partial charge is 0.208 e. The SMILES string of the molecule is c1ccc(-c2nc(-c3ccccc3)nc(-c3cc(-c4ccc(-c5ccc6ccccc6c5)cc4)cc(-c4ccc(-c5ccc6ccccc6c5)cc4)c3)n2)cc1. The maximum Gasteiger partial charge on any atom is 0.164 e. The molecule has 1 aromatic heterocycles. The van der Waals surface area contributed by atoms with Gasteiger partial charge in [-0.2, -0.15) is 0 Å². The summed E-state index contributed by atoms with van der Waals surface area (Å²) < 4.78 is 0. The van der Waals surface area contributed by atoms with Gasteiger partial charge >= 0.3 is 0 Å². The van der Waals surface area contributed by atoms with Gasteiger partial charge in [0, 0.05) is 16.7 Å². The van der Waals surface area contributed by atoms with Gasteiger partial charge in [-0.25, -0.2) is 15.0 Å². The number of hydrogen-bond acceptors (Lipinski definition) is 3.